The fraction of sp³-hybridized carbons (Fsp3) is 0.333. The van der Waals surface area contributed by atoms with Crippen LogP contribution in [0.3, 0.4) is 0 Å². The van der Waals surface area contributed by atoms with Crippen LogP contribution >= 0.6 is 38.9 Å². The Morgan fingerprint density at radius 3 is 2.65 bits per heavy atom. The number of thiophene rings is 1. The van der Waals surface area contributed by atoms with Crippen molar-refractivity contribution >= 4 is 55.7 Å². The van der Waals surface area contributed by atoms with Gasteiger partial charge in [0.15, 0.2) is 6.61 Å². The SMILES string of the molecule is CCOC(=O)c1c(NC(=O)COc2ccc(Cl)cc2Br)sc(C)c1CC. The highest BCUT2D eigenvalue weighted by Gasteiger charge is 2.23. The molecule has 1 aromatic heterocycles. The van der Waals surface area contributed by atoms with Crippen LogP contribution in [-0.4, -0.2) is 25.1 Å². The van der Waals surface area contributed by atoms with E-state index in [2.05, 4.69) is 21.2 Å². The number of ether oxygens (including phenoxy) is 2. The Labute approximate surface area is 169 Å². The molecular formula is C18H19BrClNO4S. The standard InChI is InChI=1S/C18H19BrClNO4S/c1-4-12-10(3)26-17(16(12)18(23)24-5-2)21-15(22)9-25-14-7-6-11(20)8-13(14)19/h6-8H,4-5,9H2,1-3H3,(H,21,22). The van der Waals surface area contributed by atoms with Crippen molar-refractivity contribution in [1.82, 2.24) is 0 Å². The molecule has 0 saturated heterocycles. The molecule has 0 bridgehead atoms. The van der Waals surface area contributed by atoms with Crippen molar-refractivity contribution in [2.45, 2.75) is 27.2 Å². The van der Waals surface area contributed by atoms with E-state index in [0.29, 0.717) is 32.2 Å². The molecule has 1 N–H and O–H groups in total. The number of anilines is 1. The number of carbonyl (C=O) groups excluding carboxylic acids is 2. The first-order valence-electron chi connectivity index (χ1n) is 8.04. The average molecular weight is 461 g/mol. The number of rotatable bonds is 7. The fourth-order valence-electron chi connectivity index (χ4n) is 2.41. The summed E-state index contributed by atoms with van der Waals surface area (Å²) in [5.74, 6) is -0.279. The summed E-state index contributed by atoms with van der Waals surface area (Å²) in [6, 6.07) is 5.03. The molecule has 2 rings (SSSR count). The van der Waals surface area contributed by atoms with Crippen LogP contribution in [0.25, 0.3) is 0 Å². The number of amides is 1. The van der Waals surface area contributed by atoms with Crippen LogP contribution < -0.4 is 10.1 Å². The summed E-state index contributed by atoms with van der Waals surface area (Å²) in [5.41, 5.74) is 1.32. The Bertz CT molecular complexity index is 822. The van der Waals surface area contributed by atoms with Crippen LogP contribution in [0.4, 0.5) is 5.00 Å². The van der Waals surface area contributed by atoms with E-state index in [9.17, 15) is 9.59 Å². The van der Waals surface area contributed by atoms with E-state index in [1.165, 1.54) is 11.3 Å². The van der Waals surface area contributed by atoms with E-state index in [1.54, 1.807) is 25.1 Å². The molecule has 8 heteroatoms. The van der Waals surface area contributed by atoms with E-state index in [0.717, 1.165) is 10.4 Å². The third-order valence-electron chi connectivity index (χ3n) is 3.55. The topological polar surface area (TPSA) is 64.6 Å². The van der Waals surface area contributed by atoms with Gasteiger partial charge < -0.3 is 14.8 Å². The van der Waals surface area contributed by atoms with Crippen LogP contribution in [0.15, 0.2) is 22.7 Å². The van der Waals surface area contributed by atoms with Crippen molar-refractivity contribution in [2.24, 2.45) is 0 Å². The highest BCUT2D eigenvalue weighted by molar-refractivity contribution is 9.10. The second-order valence-electron chi connectivity index (χ2n) is 5.33. The Kier molecular flexibility index (Phi) is 7.49. The third kappa shape index (κ3) is 4.99. The van der Waals surface area contributed by atoms with Crippen LogP contribution in [0.2, 0.25) is 5.02 Å². The summed E-state index contributed by atoms with van der Waals surface area (Å²) in [6.45, 7) is 5.71. The molecule has 5 nitrogen and oxygen atoms in total. The largest absolute Gasteiger partial charge is 0.483 e. The number of esters is 1. The molecule has 0 aliphatic heterocycles. The highest BCUT2D eigenvalue weighted by Crippen LogP contribution is 2.34. The summed E-state index contributed by atoms with van der Waals surface area (Å²) in [5, 5.41) is 3.81. The van der Waals surface area contributed by atoms with Gasteiger partial charge in [0.05, 0.1) is 16.6 Å². The van der Waals surface area contributed by atoms with Crippen molar-refractivity contribution in [3.8, 4) is 5.75 Å². The molecule has 26 heavy (non-hydrogen) atoms. The van der Waals surface area contributed by atoms with Crippen molar-refractivity contribution in [1.29, 1.82) is 0 Å². The van der Waals surface area contributed by atoms with Gasteiger partial charge in [-0.05, 0) is 60.0 Å². The minimum atomic E-state index is -0.426. The molecule has 0 aliphatic rings. The number of hydrogen-bond acceptors (Lipinski definition) is 5. The van der Waals surface area contributed by atoms with E-state index >= 15 is 0 Å². The van der Waals surface area contributed by atoms with Crippen LogP contribution in [-0.2, 0) is 16.0 Å². The van der Waals surface area contributed by atoms with Gasteiger partial charge in [0.2, 0.25) is 0 Å². The fourth-order valence-corrected chi connectivity index (χ4v) is 4.36. The van der Waals surface area contributed by atoms with Crippen LogP contribution in [0.5, 0.6) is 5.75 Å². The first kappa shape index (κ1) is 20.7. The lowest BCUT2D eigenvalue weighted by Crippen LogP contribution is -2.21. The highest BCUT2D eigenvalue weighted by atomic mass is 79.9. The molecule has 0 fully saturated rings. The summed E-state index contributed by atoms with van der Waals surface area (Å²) in [4.78, 5) is 25.5. The zero-order valence-corrected chi connectivity index (χ0v) is 17.8. The second-order valence-corrected chi connectivity index (χ2v) is 7.84. The van der Waals surface area contributed by atoms with Gasteiger partial charge in [-0.15, -0.1) is 11.3 Å². The Morgan fingerprint density at radius 1 is 1.31 bits per heavy atom. The number of nitrogens with one attached hydrogen (secondary N) is 1. The van der Waals surface area contributed by atoms with E-state index in [4.69, 9.17) is 21.1 Å². The molecule has 140 valence electrons. The van der Waals surface area contributed by atoms with Crippen LogP contribution in [0.1, 0.15) is 34.6 Å². The molecule has 0 radical (unpaired) electrons. The molecule has 0 unspecified atom stereocenters. The van der Waals surface area contributed by atoms with E-state index in [1.807, 2.05) is 13.8 Å². The van der Waals surface area contributed by atoms with Gasteiger partial charge >= 0.3 is 5.97 Å². The van der Waals surface area contributed by atoms with E-state index < -0.39 is 5.97 Å². The zero-order valence-electron chi connectivity index (χ0n) is 14.7. The predicted octanol–water partition coefficient (Wildman–Crippen LogP) is 5.23. The molecule has 0 saturated carbocycles. The third-order valence-corrected chi connectivity index (χ3v) is 5.47. The number of carbonyl (C=O) groups is 2. The maximum atomic E-state index is 12.3. The summed E-state index contributed by atoms with van der Waals surface area (Å²) in [7, 11) is 0. The minimum Gasteiger partial charge on any atom is -0.483 e. The predicted molar refractivity (Wildman–Crippen MR) is 108 cm³/mol. The van der Waals surface area contributed by atoms with E-state index in [-0.39, 0.29) is 19.1 Å². The Morgan fingerprint density at radius 2 is 2.04 bits per heavy atom. The quantitative estimate of drug-likeness (QED) is 0.575. The molecule has 0 spiro atoms. The van der Waals surface area contributed by atoms with Gasteiger partial charge in [-0.3, -0.25) is 4.79 Å². The van der Waals surface area contributed by atoms with Gasteiger partial charge in [-0.2, -0.15) is 0 Å². The Hall–Kier alpha value is -1.57. The summed E-state index contributed by atoms with van der Waals surface area (Å²) >= 11 is 10.6. The number of benzene rings is 1. The van der Waals surface area contributed by atoms with Crippen molar-refractivity contribution < 1.29 is 19.1 Å². The van der Waals surface area contributed by atoms with Gasteiger partial charge in [0.25, 0.3) is 5.91 Å². The van der Waals surface area contributed by atoms with Crippen molar-refractivity contribution in [3.05, 3.63) is 43.7 Å². The maximum absolute atomic E-state index is 12.3. The van der Waals surface area contributed by atoms with Crippen molar-refractivity contribution in [3.63, 3.8) is 0 Å². The Balaban J connectivity index is 2.12. The van der Waals surface area contributed by atoms with Crippen LogP contribution in [0, 0.1) is 6.92 Å². The average Bonchev–Trinajstić information content (AvgIpc) is 2.89. The van der Waals surface area contributed by atoms with Crippen molar-refractivity contribution in [2.75, 3.05) is 18.5 Å². The smallest absolute Gasteiger partial charge is 0.341 e. The first-order valence-corrected chi connectivity index (χ1v) is 10.0. The molecule has 1 heterocycles. The zero-order chi connectivity index (χ0) is 19.3. The molecule has 2 aromatic rings. The lowest BCUT2D eigenvalue weighted by Gasteiger charge is -2.10. The molecule has 0 aliphatic carbocycles. The maximum Gasteiger partial charge on any atom is 0.341 e. The normalized spacial score (nSPS) is 10.5. The number of aryl methyl sites for hydroxylation is 1. The van der Waals surface area contributed by atoms with Gasteiger partial charge in [-0.25, -0.2) is 4.79 Å². The summed E-state index contributed by atoms with van der Waals surface area (Å²) in [6.07, 6.45) is 0.681. The summed E-state index contributed by atoms with van der Waals surface area (Å²) < 4.78 is 11.3. The van der Waals surface area contributed by atoms with Gasteiger partial charge in [-0.1, -0.05) is 18.5 Å². The monoisotopic (exact) mass is 459 g/mol. The van der Waals surface area contributed by atoms with Gasteiger partial charge in [0, 0.05) is 9.90 Å². The number of halogens is 2. The lowest BCUT2D eigenvalue weighted by atomic mass is 10.1. The molecular weight excluding hydrogens is 442 g/mol. The number of hydrogen-bond donors (Lipinski definition) is 1. The molecule has 1 amide bonds. The molecule has 1 aromatic carbocycles. The second kappa shape index (κ2) is 9.39. The first-order chi connectivity index (χ1) is 12.4. The minimum absolute atomic E-state index is 0.194. The molecule has 0 atom stereocenters. The lowest BCUT2D eigenvalue weighted by molar-refractivity contribution is -0.118. The van der Waals surface area contributed by atoms with Gasteiger partial charge in [0.1, 0.15) is 10.8 Å².